The fourth-order valence-electron chi connectivity index (χ4n) is 1.45. The summed E-state index contributed by atoms with van der Waals surface area (Å²) in [7, 11) is -0.861. The van der Waals surface area contributed by atoms with E-state index >= 15 is 0 Å². The zero-order chi connectivity index (χ0) is 14.7. The number of benzene rings is 1. The van der Waals surface area contributed by atoms with Crippen LogP contribution in [0.15, 0.2) is 23.1 Å². The van der Waals surface area contributed by atoms with Gasteiger partial charge >= 0.3 is 0 Å². The van der Waals surface area contributed by atoms with Gasteiger partial charge in [-0.2, -0.15) is 0 Å². The first-order chi connectivity index (χ1) is 8.75. The van der Waals surface area contributed by atoms with E-state index in [-0.39, 0.29) is 17.2 Å². The van der Waals surface area contributed by atoms with Gasteiger partial charge in [-0.15, -0.1) is 0 Å². The monoisotopic (exact) mass is 288 g/mol. The molecule has 0 amide bonds. The molecule has 0 aromatic heterocycles. The Morgan fingerprint density at radius 2 is 1.89 bits per heavy atom. The molecule has 3 N–H and O–H groups in total. The second kappa shape index (κ2) is 5.77. The summed E-state index contributed by atoms with van der Waals surface area (Å²) >= 11 is 0. The summed E-state index contributed by atoms with van der Waals surface area (Å²) in [5.41, 5.74) is 4.79. The van der Waals surface area contributed by atoms with Gasteiger partial charge in [-0.25, -0.2) is 13.1 Å². The van der Waals surface area contributed by atoms with Crippen LogP contribution in [0.5, 0.6) is 11.5 Å². The van der Waals surface area contributed by atoms with E-state index in [2.05, 4.69) is 4.72 Å². The molecule has 0 radical (unpaired) electrons. The van der Waals surface area contributed by atoms with Crippen molar-refractivity contribution in [3.8, 4) is 11.5 Å². The molecule has 6 nitrogen and oxygen atoms in total. The summed E-state index contributed by atoms with van der Waals surface area (Å²) in [6.45, 7) is 3.59. The van der Waals surface area contributed by atoms with Gasteiger partial charge in [0.15, 0.2) is 0 Å². The molecule has 0 spiro atoms. The van der Waals surface area contributed by atoms with Gasteiger partial charge < -0.3 is 15.2 Å². The zero-order valence-electron chi connectivity index (χ0n) is 11.6. The predicted molar refractivity (Wildman–Crippen MR) is 73.0 cm³/mol. The molecule has 0 saturated heterocycles. The average Bonchev–Trinajstić information content (AvgIpc) is 2.36. The molecule has 1 aromatic carbocycles. The number of ether oxygens (including phenoxy) is 2. The molecule has 0 aliphatic carbocycles. The van der Waals surface area contributed by atoms with Gasteiger partial charge in [0.25, 0.3) is 0 Å². The van der Waals surface area contributed by atoms with Crippen LogP contribution < -0.4 is 19.9 Å². The van der Waals surface area contributed by atoms with Gasteiger partial charge in [0.1, 0.15) is 16.4 Å². The molecule has 0 unspecified atom stereocenters. The minimum absolute atomic E-state index is 0.0240. The highest BCUT2D eigenvalue weighted by atomic mass is 32.2. The summed E-state index contributed by atoms with van der Waals surface area (Å²) in [4.78, 5) is 0.0240. The number of nitrogens with two attached hydrogens (primary N) is 1. The van der Waals surface area contributed by atoms with Crippen molar-refractivity contribution in [2.75, 3.05) is 20.8 Å². The lowest BCUT2D eigenvalue weighted by Crippen LogP contribution is -2.48. The van der Waals surface area contributed by atoms with Crippen LogP contribution >= 0.6 is 0 Å². The van der Waals surface area contributed by atoms with Crippen LogP contribution in [0.3, 0.4) is 0 Å². The topological polar surface area (TPSA) is 90.6 Å². The van der Waals surface area contributed by atoms with Crippen molar-refractivity contribution in [1.82, 2.24) is 4.72 Å². The molecule has 0 aliphatic heterocycles. The molecule has 7 heteroatoms. The summed E-state index contributed by atoms with van der Waals surface area (Å²) < 4.78 is 37.3. The molecule has 0 bridgehead atoms. The van der Waals surface area contributed by atoms with E-state index in [9.17, 15) is 8.42 Å². The van der Waals surface area contributed by atoms with Gasteiger partial charge in [-0.1, -0.05) is 0 Å². The Kier molecular flexibility index (Phi) is 4.78. The highest BCUT2D eigenvalue weighted by Crippen LogP contribution is 2.28. The van der Waals surface area contributed by atoms with Crippen molar-refractivity contribution in [1.29, 1.82) is 0 Å². The Morgan fingerprint density at radius 3 is 2.37 bits per heavy atom. The smallest absolute Gasteiger partial charge is 0.244 e. The SMILES string of the molecule is COc1ccc(OC)c(S(=O)(=O)NC(C)(C)CN)c1. The maximum Gasteiger partial charge on any atom is 0.244 e. The molecule has 1 rings (SSSR count). The fraction of sp³-hybridized carbons (Fsp3) is 0.500. The van der Waals surface area contributed by atoms with Crippen molar-refractivity contribution >= 4 is 10.0 Å². The number of hydrogen-bond acceptors (Lipinski definition) is 5. The van der Waals surface area contributed by atoms with Gasteiger partial charge in [0, 0.05) is 18.2 Å². The fourth-order valence-corrected chi connectivity index (χ4v) is 3.06. The molecule has 0 saturated carbocycles. The average molecular weight is 288 g/mol. The molecular formula is C12H20N2O4S. The van der Waals surface area contributed by atoms with Crippen LogP contribution in [-0.4, -0.2) is 34.7 Å². The third-order valence-corrected chi connectivity index (χ3v) is 4.30. The van der Waals surface area contributed by atoms with Gasteiger partial charge in [-0.05, 0) is 26.0 Å². The number of methoxy groups -OCH3 is 2. The first-order valence-electron chi connectivity index (χ1n) is 5.72. The predicted octanol–water partition coefficient (Wildman–Crippen LogP) is 0.719. The Bertz CT molecular complexity index is 541. The normalized spacial score (nSPS) is 12.3. The van der Waals surface area contributed by atoms with E-state index in [0.717, 1.165) is 0 Å². The van der Waals surface area contributed by atoms with Crippen molar-refractivity contribution in [2.45, 2.75) is 24.3 Å². The maximum absolute atomic E-state index is 12.4. The van der Waals surface area contributed by atoms with Crippen LogP contribution in [0.2, 0.25) is 0 Å². The maximum atomic E-state index is 12.4. The first kappa shape index (κ1) is 15.7. The minimum atomic E-state index is -3.74. The molecule has 1 aromatic rings. The van der Waals surface area contributed by atoms with Gasteiger partial charge in [-0.3, -0.25) is 0 Å². The molecular weight excluding hydrogens is 268 g/mol. The number of nitrogens with one attached hydrogen (secondary N) is 1. The molecule has 19 heavy (non-hydrogen) atoms. The highest BCUT2D eigenvalue weighted by Gasteiger charge is 2.27. The van der Waals surface area contributed by atoms with E-state index in [4.69, 9.17) is 15.2 Å². The summed E-state index contributed by atoms with van der Waals surface area (Å²) in [6, 6.07) is 4.59. The van der Waals surface area contributed by atoms with Crippen LogP contribution in [0.1, 0.15) is 13.8 Å². The van der Waals surface area contributed by atoms with Crippen LogP contribution in [0.25, 0.3) is 0 Å². The van der Waals surface area contributed by atoms with E-state index in [1.807, 2.05) is 0 Å². The molecule has 0 heterocycles. The van der Waals surface area contributed by atoms with Crippen molar-refractivity contribution in [3.05, 3.63) is 18.2 Å². The molecule has 0 fully saturated rings. The Balaban J connectivity index is 3.27. The summed E-state index contributed by atoms with van der Waals surface area (Å²) in [5.74, 6) is 0.688. The highest BCUT2D eigenvalue weighted by molar-refractivity contribution is 7.89. The Hall–Kier alpha value is -1.31. The molecule has 108 valence electrons. The zero-order valence-corrected chi connectivity index (χ0v) is 12.4. The molecule has 0 atom stereocenters. The Labute approximate surface area is 113 Å². The van der Waals surface area contributed by atoms with E-state index in [1.165, 1.54) is 20.3 Å². The number of sulfonamides is 1. The second-order valence-corrected chi connectivity index (χ2v) is 6.36. The molecule has 0 aliphatic rings. The lowest BCUT2D eigenvalue weighted by atomic mass is 10.1. The van der Waals surface area contributed by atoms with E-state index < -0.39 is 15.6 Å². The van der Waals surface area contributed by atoms with E-state index in [1.54, 1.807) is 26.0 Å². The van der Waals surface area contributed by atoms with Crippen molar-refractivity contribution in [3.63, 3.8) is 0 Å². The van der Waals surface area contributed by atoms with Crippen LogP contribution in [0, 0.1) is 0 Å². The second-order valence-electron chi connectivity index (χ2n) is 4.71. The van der Waals surface area contributed by atoms with E-state index in [0.29, 0.717) is 5.75 Å². The standard InChI is InChI=1S/C12H20N2O4S/c1-12(2,8-13)14-19(15,16)11-7-9(17-3)5-6-10(11)18-4/h5-7,14H,8,13H2,1-4H3. The minimum Gasteiger partial charge on any atom is -0.497 e. The van der Waals surface area contributed by atoms with Crippen LogP contribution in [0.4, 0.5) is 0 Å². The summed E-state index contributed by atoms with van der Waals surface area (Å²) in [5, 5.41) is 0. The first-order valence-corrected chi connectivity index (χ1v) is 7.20. The Morgan fingerprint density at radius 1 is 1.26 bits per heavy atom. The third kappa shape index (κ3) is 3.82. The van der Waals surface area contributed by atoms with Crippen molar-refractivity contribution in [2.24, 2.45) is 5.73 Å². The van der Waals surface area contributed by atoms with Crippen LogP contribution in [-0.2, 0) is 10.0 Å². The number of hydrogen-bond donors (Lipinski definition) is 2. The number of rotatable bonds is 6. The lowest BCUT2D eigenvalue weighted by molar-refractivity contribution is 0.390. The lowest BCUT2D eigenvalue weighted by Gasteiger charge is -2.24. The summed E-state index contributed by atoms with van der Waals surface area (Å²) in [6.07, 6.45) is 0. The third-order valence-electron chi connectivity index (χ3n) is 2.58. The van der Waals surface area contributed by atoms with Crippen molar-refractivity contribution < 1.29 is 17.9 Å². The largest absolute Gasteiger partial charge is 0.497 e. The van der Waals surface area contributed by atoms with Gasteiger partial charge in [0.2, 0.25) is 10.0 Å². The van der Waals surface area contributed by atoms with Gasteiger partial charge in [0.05, 0.1) is 14.2 Å². The quantitative estimate of drug-likeness (QED) is 0.805.